The first-order chi connectivity index (χ1) is 7.96. The van der Waals surface area contributed by atoms with Crippen molar-refractivity contribution in [1.82, 2.24) is 0 Å². The van der Waals surface area contributed by atoms with E-state index in [1.807, 2.05) is 4.13 Å². The number of aryl methyl sites for hydroxylation is 1. The van der Waals surface area contributed by atoms with Crippen LogP contribution >= 0.6 is 0 Å². The summed E-state index contributed by atoms with van der Waals surface area (Å²) >= 11 is 0. The van der Waals surface area contributed by atoms with Crippen LogP contribution in [-0.4, -0.2) is 22.3 Å². The van der Waals surface area contributed by atoms with Gasteiger partial charge < -0.3 is 4.13 Å². The van der Waals surface area contributed by atoms with Gasteiger partial charge in [0.2, 0.25) is 0 Å². The topological polar surface area (TPSA) is 82.4 Å². The molecule has 0 fully saturated rings. The average molecular weight is 302 g/mol. The summed E-state index contributed by atoms with van der Waals surface area (Å²) in [6.07, 6.45) is 0. The van der Waals surface area contributed by atoms with Gasteiger partial charge in [-0.05, 0) is 19.1 Å². The highest BCUT2D eigenvalue weighted by atomic mass is 32.3. The Morgan fingerprint density at radius 1 is 1.00 bits per heavy atom. The second-order valence-corrected chi connectivity index (χ2v) is 6.71. The molecule has 0 heterocycles. The molecule has 0 bridgehead atoms. The summed E-state index contributed by atoms with van der Waals surface area (Å²) in [5.74, 6) is 0. The van der Waals surface area contributed by atoms with E-state index in [1.165, 1.54) is 12.1 Å². The zero-order chi connectivity index (χ0) is 14.2. The third kappa shape index (κ3) is 3.21. The molecule has 0 radical (unpaired) electrons. The Morgan fingerprint density at radius 2 is 1.44 bits per heavy atom. The third-order valence-corrected chi connectivity index (χ3v) is 4.83. The van der Waals surface area contributed by atoms with Crippen molar-refractivity contribution >= 4 is 20.0 Å². The molecule has 0 aromatic heterocycles. The van der Waals surface area contributed by atoms with E-state index in [1.54, 1.807) is 6.92 Å². The van der Waals surface area contributed by atoms with Crippen LogP contribution in [0.1, 0.15) is 5.56 Å². The summed E-state index contributed by atoms with van der Waals surface area (Å²) in [7, 11) is -11.0. The molecule has 0 aliphatic rings. The van der Waals surface area contributed by atoms with Gasteiger partial charge in [0.1, 0.15) is 10.0 Å². The molecule has 0 amide bonds. The molecule has 0 aliphatic heterocycles. The number of nitrogens with zero attached hydrogens (tertiary/aromatic N) is 1. The fourth-order valence-corrected chi connectivity index (χ4v) is 3.12. The molecule has 0 saturated heterocycles. The van der Waals surface area contributed by atoms with Crippen LogP contribution in [0.3, 0.4) is 0 Å². The van der Waals surface area contributed by atoms with Gasteiger partial charge in [-0.3, -0.25) is 0 Å². The van der Waals surface area contributed by atoms with Crippen molar-refractivity contribution in [2.75, 3.05) is 0 Å². The minimum atomic E-state index is -6.08. The Hall–Kier alpha value is -1.13. The zero-order valence-corrected chi connectivity index (χ0v) is 10.5. The molecular formula is C8H7F3NO4S2-. The van der Waals surface area contributed by atoms with Gasteiger partial charge >= 0.3 is 5.51 Å². The second-order valence-electron chi connectivity index (χ2n) is 3.28. The Kier molecular flexibility index (Phi) is 3.75. The highest BCUT2D eigenvalue weighted by Gasteiger charge is 2.40. The summed E-state index contributed by atoms with van der Waals surface area (Å²) < 4.78 is 81.9. The predicted octanol–water partition coefficient (Wildman–Crippen LogP) is 1.91. The van der Waals surface area contributed by atoms with Gasteiger partial charge in [0, 0.05) is 4.90 Å². The van der Waals surface area contributed by atoms with Gasteiger partial charge in [0.15, 0.2) is 10.0 Å². The second kappa shape index (κ2) is 4.52. The number of halogens is 3. The molecule has 0 spiro atoms. The maximum atomic E-state index is 12.0. The lowest BCUT2D eigenvalue weighted by Gasteiger charge is -2.22. The van der Waals surface area contributed by atoms with E-state index >= 15 is 0 Å². The van der Waals surface area contributed by atoms with Crippen LogP contribution in [0.2, 0.25) is 0 Å². The molecule has 1 rings (SSSR count). The Balaban J connectivity index is 3.15. The molecule has 1 aromatic rings. The lowest BCUT2D eigenvalue weighted by molar-refractivity contribution is -0.0425. The maximum Gasteiger partial charge on any atom is 0.480 e. The molecule has 1 aromatic carbocycles. The zero-order valence-electron chi connectivity index (χ0n) is 8.84. The predicted molar refractivity (Wildman–Crippen MR) is 56.7 cm³/mol. The fraction of sp³-hybridized carbons (Fsp3) is 0.250. The number of rotatable bonds is 3. The Bertz CT molecular complexity index is 632. The van der Waals surface area contributed by atoms with Crippen molar-refractivity contribution < 1.29 is 30.0 Å². The molecule has 10 heteroatoms. The highest BCUT2D eigenvalue weighted by Crippen LogP contribution is 2.32. The van der Waals surface area contributed by atoms with Gasteiger partial charge in [-0.15, -0.1) is 0 Å². The minimum Gasteiger partial charge on any atom is -0.424 e. The molecule has 0 saturated carbocycles. The average Bonchev–Trinajstić information content (AvgIpc) is 2.14. The van der Waals surface area contributed by atoms with Gasteiger partial charge in [-0.2, -0.15) is 13.2 Å². The van der Waals surface area contributed by atoms with Crippen LogP contribution in [0.5, 0.6) is 0 Å². The molecule has 5 nitrogen and oxygen atoms in total. The molecule has 0 atom stereocenters. The summed E-state index contributed by atoms with van der Waals surface area (Å²) in [6.45, 7) is 1.62. The van der Waals surface area contributed by atoms with Crippen molar-refractivity contribution in [3.63, 3.8) is 0 Å². The smallest absolute Gasteiger partial charge is 0.424 e. The van der Waals surface area contributed by atoms with Crippen LogP contribution in [0.25, 0.3) is 4.13 Å². The Labute approximate surface area is 102 Å². The molecule has 0 unspecified atom stereocenters. The standard InChI is InChI=1S/C8H7F3NO4S2/c1-6-2-4-7(5-3-6)17(13,14)12-18(15,16)8(9,10)11/h2-5H,1H3/q-1. The van der Waals surface area contributed by atoms with Crippen LogP contribution in [0.15, 0.2) is 29.2 Å². The van der Waals surface area contributed by atoms with Crippen molar-refractivity contribution in [2.24, 2.45) is 0 Å². The van der Waals surface area contributed by atoms with Crippen LogP contribution in [0, 0.1) is 6.92 Å². The lowest BCUT2D eigenvalue weighted by atomic mass is 10.2. The normalized spacial score (nSPS) is 13.6. The molecule has 0 N–H and O–H groups in total. The number of hydrogen-bond acceptors (Lipinski definition) is 4. The first-order valence-electron chi connectivity index (χ1n) is 4.33. The van der Waals surface area contributed by atoms with Gasteiger partial charge in [-0.1, -0.05) is 17.7 Å². The van der Waals surface area contributed by atoms with Crippen molar-refractivity contribution in [2.45, 2.75) is 17.3 Å². The maximum absolute atomic E-state index is 12.0. The van der Waals surface area contributed by atoms with Gasteiger partial charge in [-0.25, -0.2) is 16.8 Å². The summed E-state index contributed by atoms with van der Waals surface area (Å²) in [4.78, 5) is -0.624. The quantitative estimate of drug-likeness (QED) is 0.854. The fourth-order valence-electron chi connectivity index (χ4n) is 0.925. The van der Waals surface area contributed by atoms with E-state index in [0.717, 1.165) is 12.1 Å². The van der Waals surface area contributed by atoms with Crippen LogP contribution in [0.4, 0.5) is 13.2 Å². The van der Waals surface area contributed by atoms with Gasteiger partial charge in [0.25, 0.3) is 0 Å². The minimum absolute atomic E-state index is 0.624. The summed E-state index contributed by atoms with van der Waals surface area (Å²) in [5, 5.41) is 0. The van der Waals surface area contributed by atoms with E-state index in [0.29, 0.717) is 5.56 Å². The van der Waals surface area contributed by atoms with E-state index < -0.39 is 30.5 Å². The van der Waals surface area contributed by atoms with E-state index in [9.17, 15) is 30.0 Å². The van der Waals surface area contributed by atoms with E-state index in [-0.39, 0.29) is 0 Å². The first-order valence-corrected chi connectivity index (χ1v) is 7.21. The largest absolute Gasteiger partial charge is 0.480 e. The number of hydrogen-bond donors (Lipinski definition) is 0. The highest BCUT2D eigenvalue weighted by molar-refractivity contribution is 8.12. The molecular weight excluding hydrogens is 295 g/mol. The SMILES string of the molecule is Cc1ccc(S(=O)(=O)[N-]S(=O)(=O)C(F)(F)F)cc1. The third-order valence-electron chi connectivity index (χ3n) is 1.81. The van der Waals surface area contributed by atoms with Gasteiger partial charge in [0.05, 0.1) is 0 Å². The van der Waals surface area contributed by atoms with E-state index in [2.05, 4.69) is 0 Å². The van der Waals surface area contributed by atoms with Crippen molar-refractivity contribution in [1.29, 1.82) is 0 Å². The van der Waals surface area contributed by atoms with Crippen LogP contribution in [-0.2, 0) is 20.0 Å². The number of alkyl halides is 3. The lowest BCUT2D eigenvalue weighted by Crippen LogP contribution is -2.24. The monoisotopic (exact) mass is 302 g/mol. The van der Waals surface area contributed by atoms with E-state index in [4.69, 9.17) is 0 Å². The molecule has 18 heavy (non-hydrogen) atoms. The number of benzene rings is 1. The van der Waals surface area contributed by atoms with Crippen molar-refractivity contribution in [3.05, 3.63) is 34.0 Å². The summed E-state index contributed by atoms with van der Waals surface area (Å²) in [6, 6.07) is 4.56. The van der Waals surface area contributed by atoms with Crippen LogP contribution < -0.4 is 0 Å². The summed E-state index contributed by atoms with van der Waals surface area (Å²) in [5.41, 5.74) is -5.09. The van der Waals surface area contributed by atoms with Crippen molar-refractivity contribution in [3.8, 4) is 0 Å². The molecule has 0 aliphatic carbocycles. The number of sulfonamides is 2. The Morgan fingerprint density at radius 3 is 1.83 bits per heavy atom. The molecule has 102 valence electrons. The first kappa shape index (κ1) is 14.9.